The predicted octanol–water partition coefficient (Wildman–Crippen LogP) is 2.44. The second-order valence-corrected chi connectivity index (χ2v) is 8.43. The van der Waals surface area contributed by atoms with E-state index in [9.17, 15) is 45.4 Å². The Morgan fingerprint density at radius 1 is 1.16 bits per heavy atom. The van der Waals surface area contributed by atoms with Crippen LogP contribution in [0, 0.1) is 17.0 Å². The number of alkyl halides is 5. The average Bonchev–Trinajstić information content (AvgIpc) is 2.81. The average molecular weight is 559 g/mol. The third-order valence-corrected chi connectivity index (χ3v) is 5.28. The van der Waals surface area contributed by atoms with E-state index in [1.54, 1.807) is 0 Å². The van der Waals surface area contributed by atoms with Gasteiger partial charge in [-0.05, 0) is 32.1 Å². The number of aliphatic imine (C=N–C) groups is 1. The van der Waals surface area contributed by atoms with Crippen LogP contribution in [0.25, 0.3) is 5.70 Å². The molecule has 0 fully saturated rings. The summed E-state index contributed by atoms with van der Waals surface area (Å²) in [5.74, 6) is -3.33. The molecule has 38 heavy (non-hydrogen) atoms. The first-order valence-corrected chi connectivity index (χ1v) is 10.8. The zero-order valence-electron chi connectivity index (χ0n) is 20.5. The summed E-state index contributed by atoms with van der Waals surface area (Å²) in [6.07, 6.45) is -5.95. The van der Waals surface area contributed by atoms with Crippen molar-refractivity contribution in [3.05, 3.63) is 41.0 Å². The van der Waals surface area contributed by atoms with Crippen molar-refractivity contribution >= 4 is 23.9 Å². The summed E-state index contributed by atoms with van der Waals surface area (Å²) in [4.78, 5) is 26.6. The van der Waals surface area contributed by atoms with Gasteiger partial charge in [-0.1, -0.05) is 0 Å². The molecule has 0 bridgehead atoms. The van der Waals surface area contributed by atoms with Crippen molar-refractivity contribution in [1.29, 1.82) is 0 Å². The van der Waals surface area contributed by atoms with Gasteiger partial charge in [-0.15, -0.1) is 0 Å². The molecular formula is C22H28F7N5O4. The number of nitrogens with one attached hydrogen (secondary N) is 3. The van der Waals surface area contributed by atoms with Crippen LogP contribution in [0.5, 0.6) is 0 Å². The molecule has 1 aromatic rings. The van der Waals surface area contributed by atoms with E-state index in [0.29, 0.717) is 20.1 Å². The first-order valence-electron chi connectivity index (χ1n) is 10.8. The van der Waals surface area contributed by atoms with Crippen LogP contribution in [-0.2, 0) is 16.1 Å². The maximum absolute atomic E-state index is 14.4. The number of alkyl carbamates (subject to hydrolysis) is 1. The van der Waals surface area contributed by atoms with Gasteiger partial charge < -0.3 is 31.5 Å². The number of ether oxygens (including phenoxy) is 1. The molecule has 0 aliphatic heterocycles. The van der Waals surface area contributed by atoms with E-state index in [0.717, 1.165) is 25.3 Å². The van der Waals surface area contributed by atoms with Crippen molar-refractivity contribution in [3.63, 3.8) is 0 Å². The molecule has 0 aliphatic rings. The summed E-state index contributed by atoms with van der Waals surface area (Å²) in [5.41, 5.74) is 2.07. The maximum Gasteiger partial charge on any atom is 0.407 e. The fraction of sp³-hybridized carbons (Fsp3) is 0.500. The van der Waals surface area contributed by atoms with E-state index < -0.39 is 72.6 Å². The van der Waals surface area contributed by atoms with Gasteiger partial charge in [0, 0.05) is 42.7 Å². The summed E-state index contributed by atoms with van der Waals surface area (Å²) in [7, 11) is 0.900. The third-order valence-electron chi connectivity index (χ3n) is 5.28. The van der Waals surface area contributed by atoms with Crippen LogP contribution in [0.1, 0.15) is 25.0 Å². The number of hydrogen-bond donors (Lipinski definition) is 5. The molecule has 9 nitrogen and oxygen atoms in total. The van der Waals surface area contributed by atoms with E-state index in [2.05, 4.69) is 20.4 Å². The van der Waals surface area contributed by atoms with Crippen LogP contribution >= 0.6 is 0 Å². The zero-order chi connectivity index (χ0) is 29.3. The second kappa shape index (κ2) is 13.9. The van der Waals surface area contributed by atoms with Gasteiger partial charge in [0.25, 0.3) is 0 Å². The number of benzene rings is 1. The fourth-order valence-electron chi connectivity index (χ4n) is 2.89. The Labute approximate surface area is 213 Å². The molecule has 16 heteroatoms. The number of aliphatic hydroxyl groups excluding tert-OH is 1. The topological polar surface area (TPSA) is 138 Å². The standard InChI is InChI=1S/C22H28F7N5O4/c1-21(2,22(27,28)29)17(34-20(37)38-3)18(36)33-9-12(35)8-31-10-13-14(23)6-11(7-15(13)24)16(30)4-5-32-19(25)26/h4-7,12,17,19,31,35H,8-10,30H2,1-3H3,(H,33,36)(H,34,37)/t12-,17?/m0/s1. The number of carbonyl (C=O) groups is 2. The van der Waals surface area contributed by atoms with Crippen molar-refractivity contribution in [2.24, 2.45) is 16.1 Å². The number of aliphatic hydroxyl groups is 1. The lowest BCUT2D eigenvalue weighted by atomic mass is 9.83. The van der Waals surface area contributed by atoms with Gasteiger partial charge in [0.05, 0.1) is 18.6 Å². The maximum atomic E-state index is 14.4. The minimum atomic E-state index is -4.89. The Morgan fingerprint density at radius 3 is 2.24 bits per heavy atom. The molecule has 214 valence electrons. The lowest BCUT2D eigenvalue weighted by molar-refractivity contribution is -0.220. The summed E-state index contributed by atoms with van der Waals surface area (Å²) in [6.45, 7) is -2.93. The fourth-order valence-corrected chi connectivity index (χ4v) is 2.89. The van der Waals surface area contributed by atoms with Gasteiger partial charge in [-0.2, -0.15) is 22.0 Å². The van der Waals surface area contributed by atoms with Gasteiger partial charge in [0.2, 0.25) is 5.91 Å². The van der Waals surface area contributed by atoms with Crippen LogP contribution in [-0.4, -0.2) is 68.4 Å². The van der Waals surface area contributed by atoms with Gasteiger partial charge in [-0.3, -0.25) is 4.79 Å². The largest absolute Gasteiger partial charge is 0.453 e. The van der Waals surface area contributed by atoms with Gasteiger partial charge in [0.1, 0.15) is 17.7 Å². The minimum Gasteiger partial charge on any atom is -0.453 e. The predicted molar refractivity (Wildman–Crippen MR) is 123 cm³/mol. The Kier molecular flexibility index (Phi) is 12.0. The Morgan fingerprint density at radius 2 is 1.74 bits per heavy atom. The number of nitrogens with two attached hydrogens (primary N) is 1. The molecule has 1 rings (SSSR count). The molecule has 0 saturated heterocycles. The Hall–Kier alpha value is -3.40. The third kappa shape index (κ3) is 9.48. The van der Waals surface area contributed by atoms with Crippen molar-refractivity contribution < 1.29 is 50.2 Å². The molecule has 0 aromatic heterocycles. The minimum absolute atomic E-state index is 0.135. The summed E-state index contributed by atoms with van der Waals surface area (Å²) in [5, 5.41) is 16.5. The number of allylic oxidation sites excluding steroid dienone is 1. The SMILES string of the molecule is COC(=O)NC(C(=O)NC[C@@H](O)CNCc1c(F)cc(C(N)=CC=NC(F)F)cc1F)C(C)(C)C(F)(F)F. The van der Waals surface area contributed by atoms with E-state index in [-0.39, 0.29) is 17.8 Å². The highest BCUT2D eigenvalue weighted by Crippen LogP contribution is 2.40. The molecule has 1 aromatic carbocycles. The molecule has 0 radical (unpaired) electrons. The summed E-state index contributed by atoms with van der Waals surface area (Å²) >= 11 is 0. The second-order valence-electron chi connectivity index (χ2n) is 8.43. The number of nitrogens with zero attached hydrogens (tertiary/aromatic N) is 1. The number of carbonyl (C=O) groups excluding carboxylic acids is 2. The lowest BCUT2D eigenvalue weighted by Crippen LogP contribution is -2.60. The van der Waals surface area contributed by atoms with Crippen LogP contribution in [0.2, 0.25) is 0 Å². The summed E-state index contributed by atoms with van der Waals surface area (Å²) in [6, 6.07) is -0.384. The zero-order valence-corrected chi connectivity index (χ0v) is 20.5. The van der Waals surface area contributed by atoms with E-state index in [1.165, 1.54) is 0 Å². The van der Waals surface area contributed by atoms with Gasteiger partial charge in [0.15, 0.2) is 0 Å². The Balaban J connectivity index is 2.76. The molecule has 0 saturated carbocycles. The number of hydrogen-bond acceptors (Lipinski definition) is 7. The molecule has 2 atom stereocenters. The Bertz CT molecular complexity index is 1010. The van der Waals surface area contributed by atoms with E-state index in [1.807, 2.05) is 5.32 Å². The number of rotatable bonds is 12. The first-order chi connectivity index (χ1) is 17.5. The first kappa shape index (κ1) is 32.6. The van der Waals surface area contributed by atoms with Crippen molar-refractivity contribution in [2.75, 3.05) is 20.2 Å². The van der Waals surface area contributed by atoms with Crippen LogP contribution in [0.15, 0.2) is 23.2 Å². The van der Waals surface area contributed by atoms with Gasteiger partial charge >= 0.3 is 18.8 Å². The van der Waals surface area contributed by atoms with E-state index >= 15 is 0 Å². The van der Waals surface area contributed by atoms with Crippen LogP contribution < -0.4 is 21.7 Å². The van der Waals surface area contributed by atoms with E-state index in [4.69, 9.17) is 5.73 Å². The highest BCUT2D eigenvalue weighted by molar-refractivity contribution is 5.86. The molecule has 1 unspecified atom stereocenters. The number of amides is 2. The quantitative estimate of drug-likeness (QED) is 0.152. The lowest BCUT2D eigenvalue weighted by Gasteiger charge is -2.35. The molecule has 2 amide bonds. The van der Waals surface area contributed by atoms with Crippen molar-refractivity contribution in [1.82, 2.24) is 16.0 Å². The molecule has 0 aliphatic carbocycles. The molecule has 0 spiro atoms. The van der Waals surface area contributed by atoms with Gasteiger partial charge in [-0.25, -0.2) is 18.6 Å². The highest BCUT2D eigenvalue weighted by Gasteiger charge is 2.55. The molecular weight excluding hydrogens is 531 g/mol. The van der Waals surface area contributed by atoms with Crippen LogP contribution in [0.3, 0.4) is 0 Å². The molecule has 0 heterocycles. The highest BCUT2D eigenvalue weighted by atomic mass is 19.4. The van der Waals surface area contributed by atoms with Crippen LogP contribution in [0.4, 0.5) is 35.5 Å². The summed E-state index contributed by atoms with van der Waals surface area (Å²) < 4.78 is 97.2. The number of methoxy groups -OCH3 is 1. The normalized spacial score (nSPS) is 14.5. The monoisotopic (exact) mass is 559 g/mol. The number of halogens is 7. The smallest absolute Gasteiger partial charge is 0.407 e. The van der Waals surface area contributed by atoms with Crippen molar-refractivity contribution in [3.8, 4) is 0 Å². The molecule has 6 N–H and O–H groups in total. The van der Waals surface area contributed by atoms with Crippen molar-refractivity contribution in [2.45, 2.75) is 45.3 Å².